The summed E-state index contributed by atoms with van der Waals surface area (Å²) in [6.45, 7) is 6.35. The quantitative estimate of drug-likeness (QED) is 0.177. The summed E-state index contributed by atoms with van der Waals surface area (Å²) in [5, 5.41) is 12.8. The average molecular weight is 738 g/mol. The number of imide groups is 1. The maximum atomic E-state index is 13.1. The number of pyridine rings is 1. The summed E-state index contributed by atoms with van der Waals surface area (Å²) in [5.74, 6) is 13.8. The highest BCUT2D eigenvalue weighted by molar-refractivity contribution is 7.15. The number of aryl methyl sites for hydroxylation is 2. The van der Waals surface area contributed by atoms with Gasteiger partial charge in [0.25, 0.3) is 5.91 Å². The fourth-order valence-electron chi connectivity index (χ4n) is 6.93. The van der Waals surface area contributed by atoms with Crippen molar-refractivity contribution in [3.63, 3.8) is 0 Å². The van der Waals surface area contributed by atoms with Crippen LogP contribution in [0.2, 0.25) is 5.02 Å². The molecule has 53 heavy (non-hydrogen) atoms. The van der Waals surface area contributed by atoms with E-state index < -0.39 is 11.9 Å². The van der Waals surface area contributed by atoms with Gasteiger partial charge in [-0.05, 0) is 92.5 Å². The van der Waals surface area contributed by atoms with E-state index in [0.717, 1.165) is 60.6 Å². The molecule has 0 bridgehead atoms. The van der Waals surface area contributed by atoms with E-state index in [2.05, 4.69) is 55.7 Å². The number of aromatic nitrogens is 4. The van der Waals surface area contributed by atoms with Crippen LogP contribution in [0.15, 0.2) is 65.8 Å². The first-order chi connectivity index (χ1) is 25.7. The first-order valence-electron chi connectivity index (χ1n) is 17.3. The molecule has 3 aliphatic heterocycles. The number of aliphatic imine (C=N–C) groups is 1. The number of nitrogens with zero attached hydrogens (tertiary/aromatic N) is 6. The van der Waals surface area contributed by atoms with Crippen molar-refractivity contribution >= 4 is 46.4 Å². The molecular formula is C41H32ClN7O3S. The van der Waals surface area contributed by atoms with Gasteiger partial charge in [0.05, 0.1) is 10.6 Å². The molecule has 12 heteroatoms. The number of hydrogen-bond donors (Lipinski definition) is 1. The molecule has 2 aromatic carbocycles. The lowest BCUT2D eigenvalue weighted by molar-refractivity contribution is -0.136. The van der Waals surface area contributed by atoms with E-state index in [1.54, 1.807) is 22.3 Å². The van der Waals surface area contributed by atoms with E-state index in [-0.39, 0.29) is 24.3 Å². The van der Waals surface area contributed by atoms with Crippen molar-refractivity contribution in [2.24, 2.45) is 4.99 Å². The molecule has 2 atom stereocenters. The molecule has 6 heterocycles. The number of thiophene rings is 1. The van der Waals surface area contributed by atoms with E-state index in [1.165, 1.54) is 0 Å². The molecule has 1 N–H and O–H groups in total. The van der Waals surface area contributed by atoms with Gasteiger partial charge in [0.2, 0.25) is 11.8 Å². The Morgan fingerprint density at radius 1 is 1.00 bits per heavy atom. The Labute approximate surface area is 315 Å². The van der Waals surface area contributed by atoms with Crippen molar-refractivity contribution in [1.29, 1.82) is 0 Å². The summed E-state index contributed by atoms with van der Waals surface area (Å²) in [4.78, 5) is 49.4. The van der Waals surface area contributed by atoms with Crippen LogP contribution in [-0.4, -0.2) is 54.1 Å². The van der Waals surface area contributed by atoms with Crippen molar-refractivity contribution in [2.75, 3.05) is 0 Å². The molecule has 1 saturated heterocycles. The van der Waals surface area contributed by atoms with Gasteiger partial charge in [0, 0.05) is 52.9 Å². The minimum Gasteiger partial charge on any atom is -0.322 e. The maximum Gasteiger partial charge on any atom is 0.255 e. The van der Waals surface area contributed by atoms with Crippen LogP contribution in [0.3, 0.4) is 0 Å². The molecule has 1 unspecified atom stereocenters. The SMILES string of the molecule is Cc1c(C#Cc2ccc(CCC#Cc3cccc4c3CN(C3CCC(=O)NC3=O)C4=O)cn2)sc2c1C(c1ccc(Cl)cc1)=N[C@@H](C)c1nnc(C)n1-2. The van der Waals surface area contributed by atoms with Gasteiger partial charge in [-0.2, -0.15) is 0 Å². The Morgan fingerprint density at radius 3 is 2.60 bits per heavy atom. The summed E-state index contributed by atoms with van der Waals surface area (Å²) in [6.07, 6.45) is 3.67. The van der Waals surface area contributed by atoms with Crippen molar-refractivity contribution in [2.45, 2.75) is 65.1 Å². The van der Waals surface area contributed by atoms with Crippen LogP contribution in [0.5, 0.6) is 0 Å². The zero-order chi connectivity index (χ0) is 36.8. The van der Waals surface area contributed by atoms with E-state index in [4.69, 9.17) is 16.6 Å². The summed E-state index contributed by atoms with van der Waals surface area (Å²) in [5.41, 5.74) is 7.73. The first kappa shape index (κ1) is 34.2. The molecule has 0 spiro atoms. The third kappa shape index (κ3) is 6.43. The number of halogens is 1. The van der Waals surface area contributed by atoms with Gasteiger partial charge in [-0.1, -0.05) is 47.7 Å². The molecule has 0 radical (unpaired) electrons. The molecule has 10 nitrogen and oxygen atoms in total. The Morgan fingerprint density at radius 2 is 1.83 bits per heavy atom. The third-order valence-electron chi connectivity index (χ3n) is 9.70. The average Bonchev–Trinajstić information content (AvgIpc) is 3.78. The molecule has 0 saturated carbocycles. The number of hydrogen-bond acceptors (Lipinski definition) is 8. The molecule has 8 rings (SSSR count). The van der Waals surface area contributed by atoms with Crippen LogP contribution in [0.25, 0.3) is 5.00 Å². The molecule has 3 amide bonds. The van der Waals surface area contributed by atoms with Crippen molar-refractivity contribution in [1.82, 2.24) is 30.0 Å². The minimum absolute atomic E-state index is 0.188. The van der Waals surface area contributed by atoms with Crippen molar-refractivity contribution in [3.8, 4) is 28.7 Å². The second kappa shape index (κ2) is 13.9. The Kier molecular flexibility index (Phi) is 8.99. The van der Waals surface area contributed by atoms with Gasteiger partial charge in [-0.25, -0.2) is 4.98 Å². The monoisotopic (exact) mass is 737 g/mol. The van der Waals surface area contributed by atoms with E-state index in [0.29, 0.717) is 42.1 Å². The fourth-order valence-corrected chi connectivity index (χ4v) is 8.28. The van der Waals surface area contributed by atoms with Gasteiger partial charge in [-0.15, -0.1) is 21.5 Å². The summed E-state index contributed by atoms with van der Waals surface area (Å²) >= 11 is 7.82. The van der Waals surface area contributed by atoms with Gasteiger partial charge in [0.1, 0.15) is 28.6 Å². The fraction of sp³-hybridized carbons (Fsp3) is 0.244. The molecule has 1 fully saturated rings. The largest absolute Gasteiger partial charge is 0.322 e. The second-order valence-corrected chi connectivity index (χ2v) is 14.6. The Bertz CT molecular complexity index is 2490. The van der Waals surface area contributed by atoms with Gasteiger partial charge < -0.3 is 4.90 Å². The van der Waals surface area contributed by atoms with Gasteiger partial charge in [-0.3, -0.25) is 29.3 Å². The predicted molar refractivity (Wildman–Crippen MR) is 202 cm³/mol. The molecule has 3 aliphatic rings. The maximum absolute atomic E-state index is 13.1. The number of carbonyl (C=O) groups excluding carboxylic acids is 3. The molecule has 3 aromatic heterocycles. The van der Waals surface area contributed by atoms with Crippen LogP contribution in [0.1, 0.15) is 98.2 Å². The number of carbonyl (C=O) groups is 3. The van der Waals surface area contributed by atoms with E-state index >= 15 is 0 Å². The number of fused-ring (bicyclic) bond motifs is 4. The van der Waals surface area contributed by atoms with E-state index in [9.17, 15) is 14.4 Å². The highest BCUT2D eigenvalue weighted by Gasteiger charge is 2.39. The standard InChI is InChI=1S/C41H32ClN7O3S/c1-23-34(53-41-36(23)37(28-12-14-29(42)15-13-28)44-24(2)38-47-46-25(3)49(38)41)19-17-30-16-11-26(21-43-30)7-4-5-8-27-9-6-10-31-32(27)22-48(40(31)52)33-18-20-35(50)45-39(33)51/h6,9-16,21,24,33H,4,7,18,20,22H2,1-3H3,(H,45,50,51)/t24-,33?/m0/s1. The minimum atomic E-state index is -0.656. The first-order valence-corrected chi connectivity index (χ1v) is 18.5. The second-order valence-electron chi connectivity index (χ2n) is 13.2. The molecule has 262 valence electrons. The van der Waals surface area contributed by atoms with Crippen LogP contribution >= 0.6 is 22.9 Å². The molecular weight excluding hydrogens is 706 g/mol. The highest BCUT2D eigenvalue weighted by atomic mass is 35.5. The number of amides is 3. The van der Waals surface area contributed by atoms with Crippen LogP contribution < -0.4 is 5.32 Å². The smallest absolute Gasteiger partial charge is 0.255 e. The Balaban J connectivity index is 0.974. The lowest BCUT2D eigenvalue weighted by Gasteiger charge is -2.29. The number of piperidine rings is 1. The molecule has 0 aliphatic carbocycles. The third-order valence-corrected chi connectivity index (χ3v) is 11.1. The number of rotatable bonds is 4. The Hall–Kier alpha value is -5.88. The van der Waals surface area contributed by atoms with Crippen molar-refractivity contribution in [3.05, 3.63) is 127 Å². The van der Waals surface area contributed by atoms with E-state index in [1.807, 2.05) is 68.6 Å². The number of benzene rings is 2. The summed E-state index contributed by atoms with van der Waals surface area (Å²) in [7, 11) is 0. The summed E-state index contributed by atoms with van der Waals surface area (Å²) < 4.78 is 2.09. The predicted octanol–water partition coefficient (Wildman–Crippen LogP) is 6.05. The number of nitrogens with one attached hydrogen (secondary N) is 1. The topological polar surface area (TPSA) is 122 Å². The highest BCUT2D eigenvalue weighted by Crippen LogP contribution is 2.39. The normalized spacial score (nSPS) is 17.4. The van der Waals surface area contributed by atoms with Crippen LogP contribution in [0.4, 0.5) is 0 Å². The lowest BCUT2D eigenvalue weighted by Crippen LogP contribution is -2.52. The van der Waals surface area contributed by atoms with Crippen LogP contribution in [0, 0.1) is 37.5 Å². The van der Waals surface area contributed by atoms with Crippen molar-refractivity contribution < 1.29 is 14.4 Å². The van der Waals surface area contributed by atoms with Crippen LogP contribution in [-0.2, 0) is 22.6 Å². The van der Waals surface area contributed by atoms with Gasteiger partial charge >= 0.3 is 0 Å². The molecule has 5 aromatic rings. The zero-order valence-corrected chi connectivity index (χ0v) is 30.7. The van der Waals surface area contributed by atoms with Gasteiger partial charge in [0.15, 0.2) is 5.82 Å². The summed E-state index contributed by atoms with van der Waals surface area (Å²) in [6, 6.07) is 16.3. The lowest BCUT2D eigenvalue weighted by atomic mass is 9.99. The zero-order valence-electron chi connectivity index (χ0n) is 29.2.